The third kappa shape index (κ3) is 5.86. The lowest BCUT2D eigenvalue weighted by Gasteiger charge is -2.17. The first-order valence-electron chi connectivity index (χ1n) is 7.36. The van der Waals surface area contributed by atoms with E-state index in [1.807, 2.05) is 24.3 Å². The smallest absolute Gasteiger partial charge is 0.341 e. The number of halogens is 1. The van der Waals surface area contributed by atoms with Crippen LogP contribution in [0.5, 0.6) is 5.75 Å². The number of carbonyl (C=O) groups is 2. The summed E-state index contributed by atoms with van der Waals surface area (Å²) in [6.45, 7) is 0.119. The number of amides is 1. The Balaban J connectivity index is 1.81. The van der Waals surface area contributed by atoms with Crippen molar-refractivity contribution in [2.75, 3.05) is 13.7 Å². The van der Waals surface area contributed by atoms with Gasteiger partial charge in [0.05, 0.1) is 4.34 Å². The molecule has 0 aliphatic heterocycles. The topological polar surface area (TPSA) is 66.8 Å². The van der Waals surface area contributed by atoms with E-state index in [4.69, 9.17) is 21.4 Å². The normalized spacial score (nSPS) is 10.4. The highest BCUT2D eigenvalue weighted by Gasteiger charge is 2.10. The number of benzene rings is 1. The van der Waals surface area contributed by atoms with E-state index in [1.165, 1.54) is 11.3 Å². The molecule has 0 spiro atoms. The molecule has 0 bridgehead atoms. The molecule has 0 aliphatic carbocycles. The van der Waals surface area contributed by atoms with Crippen molar-refractivity contribution in [1.82, 2.24) is 4.90 Å². The molecule has 0 radical (unpaired) electrons. The molecule has 7 heteroatoms. The largest absolute Gasteiger partial charge is 0.482 e. The van der Waals surface area contributed by atoms with Gasteiger partial charge < -0.3 is 14.7 Å². The molecule has 0 saturated carbocycles. The van der Waals surface area contributed by atoms with Crippen molar-refractivity contribution >= 4 is 34.8 Å². The van der Waals surface area contributed by atoms with Crippen LogP contribution in [0.1, 0.15) is 16.9 Å². The number of aliphatic carboxylic acids is 1. The fourth-order valence-corrected chi connectivity index (χ4v) is 3.19. The predicted molar refractivity (Wildman–Crippen MR) is 93.7 cm³/mol. The SMILES string of the molecule is CN(Cc1ccc(OCC(=O)O)cc1)C(=O)CCc1ccc(Cl)s1. The predicted octanol–water partition coefficient (Wildman–Crippen LogP) is 3.46. The molecule has 1 N–H and O–H groups in total. The van der Waals surface area contributed by atoms with Crippen LogP contribution in [0.4, 0.5) is 0 Å². The van der Waals surface area contributed by atoms with Gasteiger partial charge in [0.25, 0.3) is 0 Å². The second-order valence-electron chi connectivity index (χ2n) is 5.28. The first-order chi connectivity index (χ1) is 11.4. The first kappa shape index (κ1) is 18.3. The van der Waals surface area contributed by atoms with E-state index in [1.54, 1.807) is 24.1 Å². The molecule has 0 saturated heterocycles. The summed E-state index contributed by atoms with van der Waals surface area (Å²) in [4.78, 5) is 25.4. The minimum absolute atomic E-state index is 0.0609. The van der Waals surface area contributed by atoms with Crippen LogP contribution >= 0.6 is 22.9 Å². The van der Waals surface area contributed by atoms with Gasteiger partial charge in [-0.25, -0.2) is 4.79 Å². The highest BCUT2D eigenvalue weighted by Crippen LogP contribution is 2.22. The summed E-state index contributed by atoms with van der Waals surface area (Å²) in [7, 11) is 1.76. The highest BCUT2D eigenvalue weighted by molar-refractivity contribution is 7.16. The summed E-state index contributed by atoms with van der Waals surface area (Å²) in [5, 5.41) is 8.57. The molecule has 1 aromatic carbocycles. The lowest BCUT2D eigenvalue weighted by molar-refractivity contribution is -0.139. The Morgan fingerprint density at radius 2 is 1.92 bits per heavy atom. The third-order valence-electron chi connectivity index (χ3n) is 3.35. The molecule has 2 rings (SSSR count). The Kier molecular flexibility index (Phi) is 6.63. The van der Waals surface area contributed by atoms with Crippen LogP contribution < -0.4 is 4.74 Å². The van der Waals surface area contributed by atoms with E-state index in [9.17, 15) is 9.59 Å². The lowest BCUT2D eigenvalue weighted by Crippen LogP contribution is -2.26. The van der Waals surface area contributed by atoms with E-state index in [0.717, 1.165) is 14.8 Å². The molecule has 24 heavy (non-hydrogen) atoms. The second kappa shape index (κ2) is 8.70. The average molecular weight is 368 g/mol. The Morgan fingerprint density at radius 1 is 1.21 bits per heavy atom. The number of hydrogen-bond donors (Lipinski definition) is 1. The van der Waals surface area contributed by atoms with Crippen LogP contribution in [0.25, 0.3) is 0 Å². The number of nitrogens with zero attached hydrogens (tertiary/aromatic N) is 1. The van der Waals surface area contributed by atoms with Crippen molar-refractivity contribution in [3.8, 4) is 5.75 Å². The van der Waals surface area contributed by atoms with Crippen molar-refractivity contribution in [1.29, 1.82) is 0 Å². The molecule has 128 valence electrons. The van der Waals surface area contributed by atoms with Gasteiger partial charge in [-0.3, -0.25) is 4.79 Å². The van der Waals surface area contributed by atoms with Crippen molar-refractivity contribution < 1.29 is 19.4 Å². The molecule has 2 aromatic rings. The zero-order valence-corrected chi connectivity index (χ0v) is 14.8. The summed E-state index contributed by atoms with van der Waals surface area (Å²) in [6.07, 6.45) is 1.12. The van der Waals surface area contributed by atoms with E-state index in [0.29, 0.717) is 25.1 Å². The highest BCUT2D eigenvalue weighted by atomic mass is 35.5. The van der Waals surface area contributed by atoms with Gasteiger partial charge in [0.15, 0.2) is 6.61 Å². The van der Waals surface area contributed by atoms with Crippen molar-refractivity contribution in [3.05, 3.63) is 51.2 Å². The van der Waals surface area contributed by atoms with Crippen molar-refractivity contribution in [2.45, 2.75) is 19.4 Å². The number of aryl methyl sites for hydroxylation is 1. The Morgan fingerprint density at radius 3 is 2.50 bits per heavy atom. The summed E-state index contributed by atoms with van der Waals surface area (Å²) in [5.74, 6) is -0.466. The van der Waals surface area contributed by atoms with E-state index in [2.05, 4.69) is 0 Å². The fourth-order valence-electron chi connectivity index (χ4n) is 2.11. The van der Waals surface area contributed by atoms with E-state index in [-0.39, 0.29) is 12.5 Å². The monoisotopic (exact) mass is 367 g/mol. The maximum absolute atomic E-state index is 12.2. The maximum atomic E-state index is 12.2. The molecule has 1 heterocycles. The summed E-state index contributed by atoms with van der Waals surface area (Å²) in [5.41, 5.74) is 0.952. The quantitative estimate of drug-likeness (QED) is 0.775. The third-order valence-corrected chi connectivity index (χ3v) is 4.64. The molecule has 0 unspecified atom stereocenters. The average Bonchev–Trinajstić information content (AvgIpc) is 2.97. The molecule has 0 fully saturated rings. The van der Waals surface area contributed by atoms with E-state index < -0.39 is 5.97 Å². The molecule has 0 aliphatic rings. The number of hydrogen-bond acceptors (Lipinski definition) is 4. The fraction of sp³-hybridized carbons (Fsp3) is 0.294. The minimum Gasteiger partial charge on any atom is -0.482 e. The van der Waals surface area contributed by atoms with Crippen LogP contribution in [-0.2, 0) is 22.6 Å². The van der Waals surface area contributed by atoms with Gasteiger partial charge in [0, 0.05) is 24.9 Å². The zero-order valence-electron chi connectivity index (χ0n) is 13.2. The molecule has 1 amide bonds. The second-order valence-corrected chi connectivity index (χ2v) is 7.08. The van der Waals surface area contributed by atoms with Crippen LogP contribution in [-0.4, -0.2) is 35.5 Å². The van der Waals surface area contributed by atoms with Gasteiger partial charge in [-0.1, -0.05) is 23.7 Å². The van der Waals surface area contributed by atoms with Crippen LogP contribution in [0.2, 0.25) is 4.34 Å². The first-order valence-corrected chi connectivity index (χ1v) is 8.55. The summed E-state index contributed by atoms with van der Waals surface area (Å²) < 4.78 is 5.81. The molecule has 1 aromatic heterocycles. The number of carbonyl (C=O) groups excluding carboxylic acids is 1. The van der Waals surface area contributed by atoms with E-state index >= 15 is 0 Å². The number of carboxylic acids is 1. The number of carboxylic acid groups (broad SMARTS) is 1. The minimum atomic E-state index is -1.02. The number of thiophene rings is 1. The van der Waals surface area contributed by atoms with Crippen LogP contribution in [0, 0.1) is 0 Å². The van der Waals surface area contributed by atoms with Crippen LogP contribution in [0.15, 0.2) is 36.4 Å². The molecule has 5 nitrogen and oxygen atoms in total. The van der Waals surface area contributed by atoms with Gasteiger partial charge in [-0.2, -0.15) is 0 Å². The van der Waals surface area contributed by atoms with Gasteiger partial charge in [0.1, 0.15) is 5.75 Å². The van der Waals surface area contributed by atoms with Gasteiger partial charge >= 0.3 is 5.97 Å². The Bertz CT molecular complexity index is 699. The Hall–Kier alpha value is -2.05. The molecular weight excluding hydrogens is 350 g/mol. The Labute approximate surface area is 149 Å². The van der Waals surface area contributed by atoms with Gasteiger partial charge in [-0.05, 0) is 36.2 Å². The van der Waals surface area contributed by atoms with Gasteiger partial charge in [0.2, 0.25) is 5.91 Å². The van der Waals surface area contributed by atoms with Gasteiger partial charge in [-0.15, -0.1) is 11.3 Å². The standard InChI is InChI=1S/C17H18ClNO4S/c1-19(16(20)9-7-14-6-8-15(18)24-14)10-12-2-4-13(5-3-12)23-11-17(21)22/h2-6,8H,7,9-11H2,1H3,(H,21,22). The summed E-state index contributed by atoms with van der Waals surface area (Å²) in [6, 6.07) is 10.8. The maximum Gasteiger partial charge on any atom is 0.341 e. The van der Waals surface area contributed by atoms with Crippen molar-refractivity contribution in [2.24, 2.45) is 0 Å². The number of ether oxygens (including phenoxy) is 1. The van der Waals surface area contributed by atoms with Crippen LogP contribution in [0.3, 0.4) is 0 Å². The summed E-state index contributed by atoms with van der Waals surface area (Å²) >= 11 is 7.37. The molecular formula is C17H18ClNO4S. The number of rotatable bonds is 8. The molecule has 0 atom stereocenters. The lowest BCUT2D eigenvalue weighted by atomic mass is 10.2. The van der Waals surface area contributed by atoms with Crippen molar-refractivity contribution in [3.63, 3.8) is 0 Å². The zero-order chi connectivity index (χ0) is 17.5.